The molecule has 8 heteroatoms. The van der Waals surface area contributed by atoms with Crippen molar-refractivity contribution in [1.82, 2.24) is 5.32 Å². The van der Waals surface area contributed by atoms with Crippen LogP contribution in [0.25, 0.3) is 0 Å². The van der Waals surface area contributed by atoms with Crippen LogP contribution in [0.1, 0.15) is 38.5 Å². The van der Waals surface area contributed by atoms with E-state index >= 15 is 0 Å². The molecule has 0 bridgehead atoms. The molecule has 1 rings (SSSR count). The van der Waals surface area contributed by atoms with E-state index in [4.69, 9.17) is 0 Å². The molecule has 1 aliphatic carbocycles. The van der Waals surface area contributed by atoms with Crippen molar-refractivity contribution in [1.29, 1.82) is 0 Å². The maximum Gasteiger partial charge on any atom is 0.422 e. The van der Waals surface area contributed by atoms with E-state index in [0.29, 0.717) is 12.8 Å². The number of ether oxygens (including phenoxy) is 1. The highest BCUT2D eigenvalue weighted by molar-refractivity contribution is 5.84. The molecule has 110 valence electrons. The van der Waals surface area contributed by atoms with Crippen LogP contribution in [0.3, 0.4) is 0 Å². The lowest BCUT2D eigenvalue weighted by atomic mass is 9.90. The molecule has 0 aromatic heterocycles. The monoisotopic (exact) mass is 283 g/mol. The van der Waals surface area contributed by atoms with Gasteiger partial charge in [0.15, 0.2) is 6.61 Å². The summed E-state index contributed by atoms with van der Waals surface area (Å²) in [5.41, 5.74) is -1.51. The molecule has 2 N–H and O–H groups in total. The number of aliphatic carboxylic acids is 1. The molecule has 0 saturated heterocycles. The van der Waals surface area contributed by atoms with Gasteiger partial charge in [-0.25, -0.2) is 9.59 Å². The zero-order valence-electron chi connectivity index (χ0n) is 10.3. The number of hydrogen-bond acceptors (Lipinski definition) is 3. The van der Waals surface area contributed by atoms with Gasteiger partial charge in [0, 0.05) is 0 Å². The molecule has 0 aliphatic heterocycles. The van der Waals surface area contributed by atoms with Gasteiger partial charge in [0.1, 0.15) is 5.54 Å². The topological polar surface area (TPSA) is 75.6 Å². The van der Waals surface area contributed by atoms with E-state index in [2.05, 4.69) is 10.1 Å². The van der Waals surface area contributed by atoms with Crippen LogP contribution in [0.2, 0.25) is 0 Å². The second-order valence-electron chi connectivity index (χ2n) is 4.62. The summed E-state index contributed by atoms with van der Waals surface area (Å²) in [6.45, 7) is -1.73. The quantitative estimate of drug-likeness (QED) is 0.780. The van der Waals surface area contributed by atoms with Gasteiger partial charge in [0.05, 0.1) is 0 Å². The highest BCUT2D eigenvalue weighted by atomic mass is 19.4. The van der Waals surface area contributed by atoms with Gasteiger partial charge in [-0.1, -0.05) is 25.7 Å². The Balaban J connectivity index is 2.62. The van der Waals surface area contributed by atoms with Gasteiger partial charge in [0.25, 0.3) is 0 Å². The predicted octanol–water partition coefficient (Wildman–Crippen LogP) is 2.45. The van der Waals surface area contributed by atoms with Crippen LogP contribution in [-0.4, -0.2) is 35.5 Å². The molecule has 5 nitrogen and oxygen atoms in total. The van der Waals surface area contributed by atoms with Crippen molar-refractivity contribution >= 4 is 12.1 Å². The van der Waals surface area contributed by atoms with Crippen LogP contribution in [0, 0.1) is 0 Å². The summed E-state index contributed by atoms with van der Waals surface area (Å²) in [5, 5.41) is 11.3. The number of rotatable bonds is 3. The van der Waals surface area contributed by atoms with Crippen molar-refractivity contribution in [3.8, 4) is 0 Å². The van der Waals surface area contributed by atoms with Gasteiger partial charge in [-0.2, -0.15) is 13.2 Å². The van der Waals surface area contributed by atoms with Crippen LogP contribution in [0.5, 0.6) is 0 Å². The first-order valence-electron chi connectivity index (χ1n) is 6.00. The third-order valence-corrected chi connectivity index (χ3v) is 3.07. The minimum Gasteiger partial charge on any atom is -0.480 e. The normalized spacial score (nSPS) is 19.3. The van der Waals surface area contributed by atoms with Gasteiger partial charge in [-0.3, -0.25) is 0 Å². The van der Waals surface area contributed by atoms with Crippen LogP contribution < -0.4 is 5.32 Å². The highest BCUT2D eigenvalue weighted by Gasteiger charge is 2.41. The Labute approximate surface area is 108 Å². The van der Waals surface area contributed by atoms with E-state index in [-0.39, 0.29) is 12.8 Å². The molecule has 0 aromatic carbocycles. The Hall–Kier alpha value is -1.47. The smallest absolute Gasteiger partial charge is 0.422 e. The number of amides is 1. The molecule has 19 heavy (non-hydrogen) atoms. The Morgan fingerprint density at radius 3 is 2.11 bits per heavy atom. The number of carboxylic acids is 1. The largest absolute Gasteiger partial charge is 0.480 e. The average Bonchev–Trinajstić information content (AvgIpc) is 2.52. The molecule has 0 aromatic rings. The zero-order chi connectivity index (χ0) is 14.5. The summed E-state index contributed by atoms with van der Waals surface area (Å²) in [6.07, 6.45) is -2.69. The molecule has 1 saturated carbocycles. The molecule has 1 amide bonds. The van der Waals surface area contributed by atoms with Crippen LogP contribution in [0.15, 0.2) is 0 Å². The first kappa shape index (κ1) is 15.6. The molecule has 0 atom stereocenters. The van der Waals surface area contributed by atoms with Gasteiger partial charge in [-0.05, 0) is 12.8 Å². The lowest BCUT2D eigenvalue weighted by molar-refractivity contribution is -0.161. The molecule has 1 fully saturated rings. The minimum atomic E-state index is -4.63. The SMILES string of the molecule is O=C(NC1(C(=O)O)CCCCCC1)OCC(F)(F)F. The fraction of sp³-hybridized carbons (Fsp3) is 0.818. The number of alkyl halides is 3. The van der Waals surface area contributed by atoms with E-state index in [1.54, 1.807) is 0 Å². The maximum absolute atomic E-state index is 11.9. The number of alkyl carbamates (subject to hydrolysis) is 1. The Morgan fingerprint density at radius 1 is 1.16 bits per heavy atom. The Morgan fingerprint density at radius 2 is 1.68 bits per heavy atom. The second kappa shape index (κ2) is 6.12. The Kier molecular flexibility index (Phi) is 5.02. The highest BCUT2D eigenvalue weighted by Crippen LogP contribution is 2.27. The van der Waals surface area contributed by atoms with E-state index in [1.165, 1.54) is 0 Å². The fourth-order valence-electron chi connectivity index (χ4n) is 2.10. The van der Waals surface area contributed by atoms with E-state index < -0.39 is 30.4 Å². The summed E-state index contributed by atoms with van der Waals surface area (Å²) < 4.78 is 39.7. The minimum absolute atomic E-state index is 0.198. The van der Waals surface area contributed by atoms with Crippen molar-refractivity contribution < 1.29 is 32.6 Å². The zero-order valence-corrected chi connectivity index (χ0v) is 10.3. The third-order valence-electron chi connectivity index (χ3n) is 3.07. The van der Waals surface area contributed by atoms with Gasteiger partial charge in [-0.15, -0.1) is 0 Å². The van der Waals surface area contributed by atoms with Gasteiger partial charge >= 0.3 is 18.2 Å². The standard InChI is InChI=1S/C11H16F3NO4/c12-11(13,14)7-19-9(18)15-10(8(16)17)5-3-1-2-4-6-10/h1-7H2,(H,15,18)(H,16,17). The number of carbonyl (C=O) groups is 2. The summed E-state index contributed by atoms with van der Waals surface area (Å²) in [6, 6.07) is 0. The summed E-state index contributed by atoms with van der Waals surface area (Å²) >= 11 is 0. The van der Waals surface area contributed by atoms with Gasteiger partial charge in [0.2, 0.25) is 0 Å². The average molecular weight is 283 g/mol. The summed E-state index contributed by atoms with van der Waals surface area (Å²) in [4.78, 5) is 22.6. The van der Waals surface area contributed by atoms with Crippen LogP contribution in [0.4, 0.5) is 18.0 Å². The Bertz CT molecular complexity index is 335. The predicted molar refractivity (Wildman–Crippen MR) is 58.6 cm³/mol. The molecular formula is C11H16F3NO4. The molecule has 1 aliphatic rings. The van der Waals surface area contributed by atoms with Crippen molar-refractivity contribution in [2.75, 3.05) is 6.61 Å². The van der Waals surface area contributed by atoms with Crippen molar-refractivity contribution in [2.45, 2.75) is 50.2 Å². The number of halogens is 3. The number of nitrogens with one attached hydrogen (secondary N) is 1. The summed E-state index contributed by atoms with van der Waals surface area (Å²) in [5.74, 6) is -1.24. The molecule has 0 radical (unpaired) electrons. The van der Waals surface area contributed by atoms with Crippen molar-refractivity contribution in [3.05, 3.63) is 0 Å². The molecular weight excluding hydrogens is 267 g/mol. The second-order valence-corrected chi connectivity index (χ2v) is 4.62. The van der Waals surface area contributed by atoms with Crippen molar-refractivity contribution in [2.24, 2.45) is 0 Å². The molecule has 0 spiro atoms. The lowest BCUT2D eigenvalue weighted by Crippen LogP contribution is -2.54. The molecule has 0 unspecified atom stereocenters. The fourth-order valence-corrected chi connectivity index (χ4v) is 2.10. The number of hydrogen-bond donors (Lipinski definition) is 2. The number of carboxylic acid groups (broad SMARTS) is 1. The van der Waals surface area contributed by atoms with Crippen LogP contribution >= 0.6 is 0 Å². The maximum atomic E-state index is 11.9. The number of carbonyl (C=O) groups excluding carboxylic acids is 1. The summed E-state index contributed by atoms with van der Waals surface area (Å²) in [7, 11) is 0. The molecule has 0 heterocycles. The van der Waals surface area contributed by atoms with E-state index in [0.717, 1.165) is 12.8 Å². The van der Waals surface area contributed by atoms with E-state index in [9.17, 15) is 27.9 Å². The third kappa shape index (κ3) is 4.96. The first-order chi connectivity index (χ1) is 8.75. The van der Waals surface area contributed by atoms with Gasteiger partial charge < -0.3 is 15.2 Å². The lowest BCUT2D eigenvalue weighted by Gasteiger charge is -2.28. The van der Waals surface area contributed by atoms with Crippen molar-refractivity contribution in [3.63, 3.8) is 0 Å². The first-order valence-corrected chi connectivity index (χ1v) is 6.00. The van der Waals surface area contributed by atoms with Crippen LogP contribution in [-0.2, 0) is 9.53 Å². The van der Waals surface area contributed by atoms with E-state index in [1.807, 2.05) is 0 Å².